The van der Waals surface area contributed by atoms with Gasteiger partial charge in [0.15, 0.2) is 5.78 Å². The molecule has 2 heterocycles. The second kappa shape index (κ2) is 30.0. The predicted octanol–water partition coefficient (Wildman–Crippen LogP) is 6.54. The predicted molar refractivity (Wildman–Crippen MR) is 280 cm³/mol. The van der Waals surface area contributed by atoms with E-state index in [4.69, 9.17) is 29.4 Å². The molecular formula is C55H69N7O12. The van der Waals surface area contributed by atoms with E-state index in [1.807, 2.05) is 76.2 Å². The van der Waals surface area contributed by atoms with Crippen LogP contribution in [0.15, 0.2) is 91.5 Å². The van der Waals surface area contributed by atoms with Crippen LogP contribution in [-0.4, -0.2) is 123 Å². The molecule has 5 rings (SSSR count). The number of urea groups is 1. The lowest BCUT2D eigenvalue weighted by molar-refractivity contribution is -0.137. The van der Waals surface area contributed by atoms with Crippen molar-refractivity contribution < 1.29 is 57.2 Å². The molecule has 0 saturated heterocycles. The van der Waals surface area contributed by atoms with Crippen LogP contribution in [0.2, 0.25) is 0 Å². The molecule has 6 N–H and O–H groups in total. The van der Waals surface area contributed by atoms with Crippen molar-refractivity contribution in [3.05, 3.63) is 119 Å². The Morgan fingerprint density at radius 3 is 2.08 bits per heavy atom. The van der Waals surface area contributed by atoms with Gasteiger partial charge in [-0.05, 0) is 97.2 Å². The summed E-state index contributed by atoms with van der Waals surface area (Å²) in [4.78, 5) is 93.6. The SMILES string of the molecule is C=C(c1ccc(C)c(NC(=O)OCc2ccc(NC(=O)[C@H](CCCNC(N)=O)CC(=O)[C@@H](NC(=O)CCCOCCOCCOCCOCCN3C(=O)C=CC3=O)C(C)C)cc2)c1)c1cc(C)nc2ccccc12. The number of imide groups is 1. The molecule has 19 heteroatoms. The summed E-state index contributed by atoms with van der Waals surface area (Å²) in [5.41, 5.74) is 12.1. The molecular weight excluding hydrogens is 951 g/mol. The number of fused-ring (bicyclic) bond motifs is 1. The highest BCUT2D eigenvalue weighted by molar-refractivity contribution is 6.12. The topological polar surface area (TPSA) is 256 Å². The van der Waals surface area contributed by atoms with Gasteiger partial charge in [-0.15, -0.1) is 0 Å². The van der Waals surface area contributed by atoms with E-state index < -0.39 is 30.0 Å². The largest absolute Gasteiger partial charge is 0.444 e. The van der Waals surface area contributed by atoms with Crippen LogP contribution in [0, 0.1) is 25.7 Å². The minimum absolute atomic E-state index is 0.0459. The third-order valence-corrected chi connectivity index (χ3v) is 11.9. The summed E-state index contributed by atoms with van der Waals surface area (Å²) in [6, 6.07) is 20.9. The molecule has 1 aromatic heterocycles. The van der Waals surface area contributed by atoms with Crippen molar-refractivity contribution in [3.63, 3.8) is 0 Å². The number of nitrogens with two attached hydrogens (primary N) is 1. The molecule has 0 saturated carbocycles. The number of hydrogen-bond donors (Lipinski definition) is 5. The van der Waals surface area contributed by atoms with E-state index in [1.54, 1.807) is 24.3 Å². The third-order valence-electron chi connectivity index (χ3n) is 11.9. The molecule has 0 radical (unpaired) electrons. The van der Waals surface area contributed by atoms with Crippen molar-refractivity contribution in [2.75, 3.05) is 76.6 Å². The van der Waals surface area contributed by atoms with Crippen molar-refractivity contribution in [1.82, 2.24) is 20.5 Å². The number of carbonyl (C=O) groups is 7. The summed E-state index contributed by atoms with van der Waals surface area (Å²) < 4.78 is 27.5. The maximum Gasteiger partial charge on any atom is 0.411 e. The number of pyridine rings is 1. The van der Waals surface area contributed by atoms with E-state index in [0.717, 1.165) is 43.8 Å². The lowest BCUT2D eigenvalue weighted by Crippen LogP contribution is -2.45. The number of para-hydroxylation sites is 1. The average molecular weight is 1020 g/mol. The number of carbonyl (C=O) groups excluding carboxylic acids is 7. The van der Waals surface area contributed by atoms with Gasteiger partial charge in [-0.25, -0.2) is 9.59 Å². The monoisotopic (exact) mass is 1020 g/mol. The molecule has 4 aromatic rings. The summed E-state index contributed by atoms with van der Waals surface area (Å²) >= 11 is 0. The van der Waals surface area contributed by atoms with E-state index in [2.05, 4.69) is 32.8 Å². The normalized spacial score (nSPS) is 13.0. The number of nitrogens with one attached hydrogen (secondary N) is 4. The van der Waals surface area contributed by atoms with E-state index in [-0.39, 0.29) is 75.0 Å². The molecule has 396 valence electrons. The number of aromatic nitrogens is 1. The number of anilines is 2. The van der Waals surface area contributed by atoms with E-state index in [9.17, 15) is 33.6 Å². The highest BCUT2D eigenvalue weighted by atomic mass is 16.6. The van der Waals surface area contributed by atoms with Crippen LogP contribution >= 0.6 is 0 Å². The molecule has 0 fully saturated rings. The van der Waals surface area contributed by atoms with Crippen LogP contribution in [0.1, 0.15) is 73.9 Å². The first kappa shape index (κ1) is 57.6. The number of ether oxygens (including phenoxy) is 5. The summed E-state index contributed by atoms with van der Waals surface area (Å²) in [5, 5.41) is 12.1. The molecule has 1 aliphatic rings. The Morgan fingerprint density at radius 1 is 0.770 bits per heavy atom. The molecule has 0 bridgehead atoms. The minimum atomic E-state index is -0.839. The summed E-state index contributed by atoms with van der Waals surface area (Å²) in [5.74, 6) is -2.78. The van der Waals surface area contributed by atoms with Crippen molar-refractivity contribution in [3.8, 4) is 0 Å². The fourth-order valence-electron chi connectivity index (χ4n) is 7.91. The van der Waals surface area contributed by atoms with Crippen LogP contribution in [0.3, 0.4) is 0 Å². The number of aryl methyl sites for hydroxylation is 2. The van der Waals surface area contributed by atoms with E-state index in [0.29, 0.717) is 76.0 Å². The third kappa shape index (κ3) is 18.9. The molecule has 0 unspecified atom stereocenters. The summed E-state index contributed by atoms with van der Waals surface area (Å²) in [6.07, 6.45) is 2.82. The standard InChI is InChI=1S/C55H69N7O12/c1-36(2)52(61-49(64)13-9-24-70-26-28-72-30-31-73-29-27-71-25-23-62-50(65)20-21-51(62)66)48(63)34-42(10-8-22-57-54(56)68)53(67)59-43-18-15-40(16-19-43)35-74-55(69)60-47-33-41(17-14-37(47)3)39(5)45-32-38(4)58-46-12-7-6-11-44(45)46/h6-7,11-12,14-21,32-33,36,42,52H,5,8-10,13,22-31,34-35H2,1-4H3,(H,59,67)(H,60,69)(H,61,64)(H3,56,57,68)/t42-,52+/m1/s1. The van der Waals surface area contributed by atoms with Crippen molar-refractivity contribution in [2.45, 2.75) is 72.4 Å². The number of hydrogen-bond acceptors (Lipinski definition) is 13. The van der Waals surface area contributed by atoms with Gasteiger partial charge >= 0.3 is 12.1 Å². The first-order valence-corrected chi connectivity index (χ1v) is 24.8. The zero-order valence-corrected chi connectivity index (χ0v) is 42.7. The van der Waals surface area contributed by atoms with Crippen molar-refractivity contribution in [2.24, 2.45) is 17.6 Å². The van der Waals surface area contributed by atoms with Crippen LogP contribution in [0.5, 0.6) is 0 Å². The van der Waals surface area contributed by atoms with E-state index >= 15 is 0 Å². The number of primary amides is 1. The Balaban J connectivity index is 1.01. The van der Waals surface area contributed by atoms with Gasteiger partial charge in [0.05, 0.1) is 64.4 Å². The molecule has 0 aliphatic carbocycles. The maximum absolute atomic E-state index is 13.7. The molecule has 3 aromatic carbocycles. The fourth-order valence-corrected chi connectivity index (χ4v) is 7.91. The molecule has 0 spiro atoms. The van der Waals surface area contributed by atoms with Crippen molar-refractivity contribution >= 4 is 69.4 Å². The van der Waals surface area contributed by atoms with Crippen LogP contribution in [0.25, 0.3) is 16.5 Å². The van der Waals surface area contributed by atoms with Gasteiger partial charge in [0, 0.05) is 66.5 Å². The van der Waals surface area contributed by atoms with Crippen LogP contribution in [-0.2, 0) is 54.3 Å². The molecule has 1 aliphatic heterocycles. The first-order valence-electron chi connectivity index (χ1n) is 24.8. The quantitative estimate of drug-likeness (QED) is 0.0258. The van der Waals surface area contributed by atoms with Crippen LogP contribution < -0.4 is 27.0 Å². The van der Waals surface area contributed by atoms with Gasteiger partial charge in [0.1, 0.15) is 6.61 Å². The van der Waals surface area contributed by atoms with Gasteiger partial charge in [0.25, 0.3) is 11.8 Å². The number of nitrogens with zero attached hydrogens (tertiary/aromatic N) is 2. The second-order valence-electron chi connectivity index (χ2n) is 18.0. The van der Waals surface area contributed by atoms with Gasteiger partial charge in [0.2, 0.25) is 11.8 Å². The molecule has 2 atom stereocenters. The fraction of sp³-hybridized carbons (Fsp3) is 0.418. The Bertz CT molecular complexity index is 2600. The lowest BCUT2D eigenvalue weighted by Gasteiger charge is -2.24. The summed E-state index contributed by atoms with van der Waals surface area (Å²) in [7, 11) is 0. The average Bonchev–Trinajstić information content (AvgIpc) is 3.69. The molecule has 74 heavy (non-hydrogen) atoms. The Morgan fingerprint density at radius 2 is 1.42 bits per heavy atom. The Kier molecular flexibility index (Phi) is 23.4. The van der Waals surface area contributed by atoms with Crippen LogP contribution in [0.4, 0.5) is 21.0 Å². The van der Waals surface area contributed by atoms with Gasteiger partial charge in [-0.3, -0.25) is 39.2 Å². The second-order valence-corrected chi connectivity index (χ2v) is 18.0. The lowest BCUT2D eigenvalue weighted by atomic mass is 9.89. The zero-order chi connectivity index (χ0) is 53.4. The number of benzene rings is 3. The van der Waals surface area contributed by atoms with E-state index in [1.165, 1.54) is 12.2 Å². The van der Waals surface area contributed by atoms with Crippen molar-refractivity contribution in [1.29, 1.82) is 0 Å². The first-order chi connectivity index (χ1) is 35.6. The zero-order valence-electron chi connectivity index (χ0n) is 42.7. The number of rotatable bonds is 32. The minimum Gasteiger partial charge on any atom is -0.444 e. The van der Waals surface area contributed by atoms with Gasteiger partial charge < -0.3 is 45.4 Å². The molecule has 19 nitrogen and oxygen atoms in total. The maximum atomic E-state index is 13.7. The highest BCUT2D eigenvalue weighted by Crippen LogP contribution is 2.31. The summed E-state index contributed by atoms with van der Waals surface area (Å²) in [6.45, 7) is 14.7. The number of ketones is 1. The number of Topliss-reactive ketones (excluding diaryl/α,β-unsaturated/α-hetero) is 1. The highest BCUT2D eigenvalue weighted by Gasteiger charge is 2.30. The smallest absolute Gasteiger partial charge is 0.411 e. The number of amides is 7. The molecule has 7 amide bonds. The Labute approximate surface area is 431 Å². The Hall–Kier alpha value is -7.32. The van der Waals surface area contributed by atoms with Gasteiger partial charge in [-0.2, -0.15) is 0 Å². The van der Waals surface area contributed by atoms with Gasteiger partial charge in [-0.1, -0.05) is 62.9 Å².